The topological polar surface area (TPSA) is 85.8 Å². The van der Waals surface area contributed by atoms with E-state index in [-0.39, 0.29) is 11.5 Å². The molecule has 0 bridgehead atoms. The Morgan fingerprint density at radius 1 is 0.935 bits per heavy atom. The zero-order valence-corrected chi connectivity index (χ0v) is 17.3. The van der Waals surface area contributed by atoms with Crippen molar-refractivity contribution in [1.29, 1.82) is 0 Å². The summed E-state index contributed by atoms with van der Waals surface area (Å²) in [5, 5.41) is 12.6. The molecule has 1 saturated heterocycles. The van der Waals surface area contributed by atoms with E-state index in [0.717, 1.165) is 24.5 Å². The predicted octanol–water partition coefficient (Wildman–Crippen LogP) is 3.67. The molecule has 31 heavy (non-hydrogen) atoms. The van der Waals surface area contributed by atoms with Crippen LogP contribution in [-0.2, 0) is 0 Å². The number of aromatic nitrogens is 1. The number of aryl methyl sites for hydroxylation is 1. The highest BCUT2D eigenvalue weighted by molar-refractivity contribution is 6.05. The lowest BCUT2D eigenvalue weighted by Crippen LogP contribution is -2.47. The van der Waals surface area contributed by atoms with Crippen molar-refractivity contribution in [3.05, 3.63) is 83.6 Å². The zero-order valence-electron chi connectivity index (χ0n) is 17.3. The second-order valence-corrected chi connectivity index (χ2v) is 7.52. The maximum atomic E-state index is 12.5. The van der Waals surface area contributed by atoms with Gasteiger partial charge in [-0.05, 0) is 49.4 Å². The molecule has 7 nitrogen and oxygen atoms in total. The van der Waals surface area contributed by atoms with Gasteiger partial charge in [-0.25, -0.2) is 9.78 Å². The molecule has 0 atom stereocenters. The fourth-order valence-electron chi connectivity index (χ4n) is 3.69. The quantitative estimate of drug-likeness (QED) is 0.660. The number of hydrogen-bond donors (Lipinski definition) is 2. The van der Waals surface area contributed by atoms with Crippen LogP contribution < -0.4 is 15.1 Å². The number of hydrogen-bond acceptors (Lipinski definition) is 5. The smallest absolute Gasteiger partial charge is 0.337 e. The normalized spacial score (nSPS) is 13.7. The number of pyridine rings is 1. The molecule has 158 valence electrons. The van der Waals surface area contributed by atoms with Crippen molar-refractivity contribution in [2.24, 2.45) is 0 Å². The molecule has 7 heteroatoms. The molecule has 2 aromatic carbocycles. The van der Waals surface area contributed by atoms with Crippen LogP contribution >= 0.6 is 0 Å². The fraction of sp³-hybridized carbons (Fsp3) is 0.208. The van der Waals surface area contributed by atoms with Crippen LogP contribution in [0.15, 0.2) is 66.9 Å². The number of nitrogens with zero attached hydrogens (tertiary/aromatic N) is 3. The number of aromatic carboxylic acids is 1. The Labute approximate surface area is 181 Å². The zero-order chi connectivity index (χ0) is 21.8. The standard InChI is InChI=1S/C24H24N4O3/c1-17-5-7-18(8-6-17)23(29)26-19-9-10-21(20(16-19)24(30)31)27-12-14-28(15-13-27)22-4-2-3-11-25-22/h2-11,16H,12-15H2,1H3,(H,26,29)(H,30,31). The summed E-state index contributed by atoms with van der Waals surface area (Å²) in [6.07, 6.45) is 1.77. The summed E-state index contributed by atoms with van der Waals surface area (Å²) in [7, 11) is 0. The number of nitrogens with one attached hydrogen (secondary N) is 1. The minimum atomic E-state index is -1.02. The van der Waals surface area contributed by atoms with Gasteiger partial charge in [-0.2, -0.15) is 0 Å². The van der Waals surface area contributed by atoms with Gasteiger partial charge in [0.2, 0.25) is 0 Å². The van der Waals surface area contributed by atoms with Crippen molar-refractivity contribution in [3.63, 3.8) is 0 Å². The van der Waals surface area contributed by atoms with E-state index in [4.69, 9.17) is 0 Å². The van der Waals surface area contributed by atoms with Crippen LogP contribution in [0.3, 0.4) is 0 Å². The summed E-state index contributed by atoms with van der Waals surface area (Å²) in [5.41, 5.74) is 2.88. The van der Waals surface area contributed by atoms with Gasteiger partial charge in [-0.15, -0.1) is 0 Å². The molecule has 1 amide bonds. The maximum absolute atomic E-state index is 12.5. The molecule has 0 aliphatic carbocycles. The number of carbonyl (C=O) groups excluding carboxylic acids is 1. The first-order valence-electron chi connectivity index (χ1n) is 10.2. The van der Waals surface area contributed by atoms with Crippen LogP contribution in [0.2, 0.25) is 0 Å². The van der Waals surface area contributed by atoms with Gasteiger partial charge >= 0.3 is 5.97 Å². The van der Waals surface area contributed by atoms with E-state index >= 15 is 0 Å². The summed E-state index contributed by atoms with van der Waals surface area (Å²) >= 11 is 0. The minimum absolute atomic E-state index is 0.174. The van der Waals surface area contributed by atoms with Gasteiger partial charge in [0.25, 0.3) is 5.91 Å². The van der Waals surface area contributed by atoms with Crippen molar-refractivity contribution >= 4 is 29.1 Å². The summed E-state index contributed by atoms with van der Waals surface area (Å²) in [5.74, 6) is -0.364. The number of anilines is 3. The van der Waals surface area contributed by atoms with Crippen molar-refractivity contribution in [3.8, 4) is 0 Å². The second kappa shape index (κ2) is 8.87. The lowest BCUT2D eigenvalue weighted by molar-refractivity contribution is 0.0697. The molecule has 1 fully saturated rings. The highest BCUT2D eigenvalue weighted by Crippen LogP contribution is 2.27. The van der Waals surface area contributed by atoms with Crippen LogP contribution in [0.4, 0.5) is 17.2 Å². The van der Waals surface area contributed by atoms with Crippen LogP contribution in [0.5, 0.6) is 0 Å². The molecule has 2 heterocycles. The average molecular weight is 416 g/mol. The summed E-state index contributed by atoms with van der Waals surface area (Å²) in [4.78, 5) is 33.1. The second-order valence-electron chi connectivity index (χ2n) is 7.52. The maximum Gasteiger partial charge on any atom is 0.337 e. The third-order valence-electron chi connectivity index (χ3n) is 5.39. The summed E-state index contributed by atoms with van der Waals surface area (Å²) < 4.78 is 0. The number of carboxylic acid groups (broad SMARTS) is 1. The van der Waals surface area contributed by atoms with Crippen LogP contribution in [0.1, 0.15) is 26.3 Å². The van der Waals surface area contributed by atoms with E-state index in [1.165, 1.54) is 6.07 Å². The molecule has 4 rings (SSSR count). The third kappa shape index (κ3) is 4.66. The summed E-state index contributed by atoms with van der Waals surface area (Å²) in [6.45, 7) is 4.83. The molecular formula is C24H24N4O3. The molecule has 1 aliphatic heterocycles. The van der Waals surface area contributed by atoms with Gasteiger partial charge in [0.15, 0.2) is 0 Å². The van der Waals surface area contributed by atoms with Crippen LogP contribution in [0, 0.1) is 6.92 Å². The Balaban J connectivity index is 1.48. The fourth-order valence-corrected chi connectivity index (χ4v) is 3.69. The lowest BCUT2D eigenvalue weighted by Gasteiger charge is -2.37. The number of carbonyl (C=O) groups is 2. The van der Waals surface area contributed by atoms with Crippen molar-refractivity contribution in [2.45, 2.75) is 6.92 Å². The van der Waals surface area contributed by atoms with Gasteiger partial charge in [-0.1, -0.05) is 23.8 Å². The monoisotopic (exact) mass is 416 g/mol. The van der Waals surface area contributed by atoms with E-state index in [2.05, 4.69) is 20.1 Å². The molecule has 2 N–H and O–H groups in total. The number of piperazine rings is 1. The van der Waals surface area contributed by atoms with Gasteiger partial charge in [0, 0.05) is 43.6 Å². The van der Waals surface area contributed by atoms with Crippen LogP contribution in [-0.4, -0.2) is 48.1 Å². The van der Waals surface area contributed by atoms with E-state index in [9.17, 15) is 14.7 Å². The first-order chi connectivity index (χ1) is 15.0. The van der Waals surface area contributed by atoms with E-state index < -0.39 is 5.97 Å². The number of benzene rings is 2. The van der Waals surface area contributed by atoms with Crippen LogP contribution in [0.25, 0.3) is 0 Å². The Morgan fingerprint density at radius 3 is 2.29 bits per heavy atom. The largest absolute Gasteiger partial charge is 0.478 e. The number of carboxylic acids is 1. The molecule has 0 spiro atoms. The van der Waals surface area contributed by atoms with E-state index in [0.29, 0.717) is 30.0 Å². The molecular weight excluding hydrogens is 392 g/mol. The van der Waals surface area contributed by atoms with Crippen molar-refractivity contribution in [1.82, 2.24) is 4.98 Å². The van der Waals surface area contributed by atoms with Crippen molar-refractivity contribution < 1.29 is 14.7 Å². The molecule has 0 unspecified atom stereocenters. The Kier molecular flexibility index (Phi) is 5.84. The molecule has 0 radical (unpaired) electrons. The summed E-state index contributed by atoms with van der Waals surface area (Å²) in [6, 6.07) is 18.1. The average Bonchev–Trinajstić information content (AvgIpc) is 2.80. The number of rotatable bonds is 5. The Hall–Kier alpha value is -3.87. The molecule has 3 aromatic rings. The minimum Gasteiger partial charge on any atom is -0.478 e. The van der Waals surface area contributed by atoms with E-state index in [1.54, 1.807) is 30.5 Å². The predicted molar refractivity (Wildman–Crippen MR) is 121 cm³/mol. The van der Waals surface area contributed by atoms with Gasteiger partial charge in [-0.3, -0.25) is 4.79 Å². The Morgan fingerprint density at radius 2 is 1.65 bits per heavy atom. The lowest BCUT2D eigenvalue weighted by atomic mass is 10.1. The van der Waals surface area contributed by atoms with Gasteiger partial charge in [0.05, 0.1) is 11.3 Å². The first kappa shape index (κ1) is 20.4. The molecule has 1 aliphatic rings. The van der Waals surface area contributed by atoms with E-state index in [1.807, 2.05) is 37.3 Å². The van der Waals surface area contributed by atoms with Gasteiger partial charge < -0.3 is 20.2 Å². The number of amides is 1. The van der Waals surface area contributed by atoms with Gasteiger partial charge in [0.1, 0.15) is 5.82 Å². The Bertz CT molecular complexity index is 1080. The third-order valence-corrected chi connectivity index (χ3v) is 5.39. The molecule has 0 saturated carbocycles. The highest BCUT2D eigenvalue weighted by Gasteiger charge is 2.22. The molecule has 1 aromatic heterocycles. The SMILES string of the molecule is Cc1ccc(C(=O)Nc2ccc(N3CCN(c4ccccn4)CC3)c(C(=O)O)c2)cc1. The highest BCUT2D eigenvalue weighted by atomic mass is 16.4. The van der Waals surface area contributed by atoms with Crippen molar-refractivity contribution in [2.75, 3.05) is 41.3 Å². The first-order valence-corrected chi connectivity index (χ1v) is 10.2.